The lowest BCUT2D eigenvalue weighted by molar-refractivity contribution is 0.488. The quantitative estimate of drug-likeness (QED) is 0.859. The average molecular weight is 319 g/mol. The standard InChI is InChI=1S/C7H9BrClNO2S2/c1-3-10(2)14(11,12)6-4-5(9)7(8)13-6/h4H,3H2,1-2H3. The normalized spacial score (nSPS) is 12.4. The van der Waals surface area contributed by atoms with Crippen molar-refractivity contribution in [1.29, 1.82) is 0 Å². The van der Waals surface area contributed by atoms with Crippen molar-refractivity contribution in [3.05, 3.63) is 14.9 Å². The highest BCUT2D eigenvalue weighted by Gasteiger charge is 2.22. The summed E-state index contributed by atoms with van der Waals surface area (Å²) in [5, 5.41) is 0.429. The molecule has 0 bridgehead atoms. The molecule has 1 aromatic rings. The second-order valence-electron chi connectivity index (χ2n) is 2.61. The molecule has 7 heteroatoms. The first-order valence-corrected chi connectivity index (χ1v) is 7.23. The van der Waals surface area contributed by atoms with Crippen molar-refractivity contribution in [2.75, 3.05) is 13.6 Å². The van der Waals surface area contributed by atoms with Gasteiger partial charge in [0, 0.05) is 13.6 Å². The molecular weight excluding hydrogens is 310 g/mol. The fourth-order valence-electron chi connectivity index (χ4n) is 0.777. The Morgan fingerprint density at radius 3 is 2.57 bits per heavy atom. The minimum absolute atomic E-state index is 0.263. The highest BCUT2D eigenvalue weighted by molar-refractivity contribution is 9.11. The number of thiophene rings is 1. The molecule has 14 heavy (non-hydrogen) atoms. The van der Waals surface area contributed by atoms with Crippen LogP contribution in [0.5, 0.6) is 0 Å². The van der Waals surface area contributed by atoms with Crippen molar-refractivity contribution in [1.82, 2.24) is 4.31 Å². The van der Waals surface area contributed by atoms with Crippen LogP contribution in [0.2, 0.25) is 5.02 Å². The molecule has 0 fully saturated rings. The predicted octanol–water partition coefficient (Wildman–Crippen LogP) is 2.80. The van der Waals surface area contributed by atoms with E-state index in [4.69, 9.17) is 11.6 Å². The molecule has 3 nitrogen and oxygen atoms in total. The van der Waals surface area contributed by atoms with Crippen LogP contribution in [0.25, 0.3) is 0 Å². The van der Waals surface area contributed by atoms with Gasteiger partial charge in [0.05, 0.1) is 8.81 Å². The van der Waals surface area contributed by atoms with Gasteiger partial charge in [0.25, 0.3) is 10.0 Å². The van der Waals surface area contributed by atoms with Crippen LogP contribution in [0.1, 0.15) is 6.92 Å². The van der Waals surface area contributed by atoms with Crippen molar-refractivity contribution < 1.29 is 8.42 Å². The number of halogens is 2. The Bertz CT molecular complexity index is 409. The maximum Gasteiger partial charge on any atom is 0.252 e. The van der Waals surface area contributed by atoms with Crippen LogP contribution in [-0.4, -0.2) is 26.3 Å². The monoisotopic (exact) mass is 317 g/mol. The molecule has 80 valence electrons. The van der Waals surface area contributed by atoms with Crippen molar-refractivity contribution in [2.45, 2.75) is 11.1 Å². The molecule has 0 aliphatic carbocycles. The van der Waals surface area contributed by atoms with E-state index in [1.807, 2.05) is 0 Å². The summed E-state index contributed by atoms with van der Waals surface area (Å²) in [6.45, 7) is 2.22. The van der Waals surface area contributed by atoms with Crippen LogP contribution in [0, 0.1) is 0 Å². The molecule has 0 saturated heterocycles. The zero-order valence-electron chi connectivity index (χ0n) is 7.62. The minimum atomic E-state index is -3.35. The number of hydrogen-bond acceptors (Lipinski definition) is 3. The summed E-state index contributed by atoms with van der Waals surface area (Å²) < 4.78 is 25.8. The van der Waals surface area contributed by atoms with Gasteiger partial charge in [-0.1, -0.05) is 18.5 Å². The maximum atomic E-state index is 11.8. The Labute approximate surface area is 101 Å². The average Bonchev–Trinajstić information content (AvgIpc) is 2.46. The Balaban J connectivity index is 3.17. The summed E-state index contributed by atoms with van der Waals surface area (Å²) in [6, 6.07) is 1.46. The lowest BCUT2D eigenvalue weighted by Gasteiger charge is -2.12. The van der Waals surface area contributed by atoms with E-state index < -0.39 is 10.0 Å². The molecule has 0 unspecified atom stereocenters. The number of hydrogen-bond donors (Lipinski definition) is 0. The number of sulfonamides is 1. The third kappa shape index (κ3) is 2.30. The van der Waals surface area contributed by atoms with Gasteiger partial charge < -0.3 is 0 Å². The van der Waals surface area contributed by atoms with E-state index in [-0.39, 0.29) is 4.21 Å². The highest BCUT2D eigenvalue weighted by atomic mass is 79.9. The maximum absolute atomic E-state index is 11.8. The summed E-state index contributed by atoms with van der Waals surface area (Å²) in [7, 11) is -1.81. The van der Waals surface area contributed by atoms with Gasteiger partial charge in [-0.15, -0.1) is 11.3 Å². The number of rotatable bonds is 3. The second-order valence-corrected chi connectivity index (χ2v) is 7.66. The van der Waals surface area contributed by atoms with E-state index in [2.05, 4.69) is 15.9 Å². The first-order valence-electron chi connectivity index (χ1n) is 3.80. The summed E-state index contributed by atoms with van der Waals surface area (Å²) >= 11 is 10.1. The molecule has 0 aliphatic rings. The van der Waals surface area contributed by atoms with Crippen molar-refractivity contribution in [2.24, 2.45) is 0 Å². The molecule has 0 saturated carbocycles. The molecule has 0 aliphatic heterocycles. The molecule has 0 radical (unpaired) electrons. The van der Waals surface area contributed by atoms with Gasteiger partial charge in [0.15, 0.2) is 0 Å². The molecule has 0 N–H and O–H groups in total. The van der Waals surface area contributed by atoms with Crippen LogP contribution in [0.3, 0.4) is 0 Å². The summed E-state index contributed by atoms with van der Waals surface area (Å²) in [4.78, 5) is 0. The second kappa shape index (κ2) is 4.49. The summed E-state index contributed by atoms with van der Waals surface area (Å²) in [5.41, 5.74) is 0. The van der Waals surface area contributed by atoms with Gasteiger partial charge in [-0.05, 0) is 22.0 Å². The zero-order chi connectivity index (χ0) is 10.9. The lowest BCUT2D eigenvalue weighted by atomic mass is 10.7. The highest BCUT2D eigenvalue weighted by Crippen LogP contribution is 2.35. The Hall–Kier alpha value is 0.380. The van der Waals surface area contributed by atoms with Crippen molar-refractivity contribution in [3.63, 3.8) is 0 Å². The molecule has 0 atom stereocenters. The first-order chi connectivity index (χ1) is 6.39. The molecule has 1 aromatic heterocycles. The van der Waals surface area contributed by atoms with Gasteiger partial charge >= 0.3 is 0 Å². The van der Waals surface area contributed by atoms with Crippen molar-refractivity contribution in [3.8, 4) is 0 Å². The van der Waals surface area contributed by atoms with Gasteiger partial charge in [-0.2, -0.15) is 0 Å². The first kappa shape index (κ1) is 12.4. The molecule has 1 heterocycles. The van der Waals surface area contributed by atoms with Gasteiger partial charge in [0.1, 0.15) is 4.21 Å². The van der Waals surface area contributed by atoms with E-state index >= 15 is 0 Å². The van der Waals surface area contributed by atoms with E-state index in [0.29, 0.717) is 15.4 Å². The van der Waals surface area contributed by atoms with Crippen LogP contribution in [-0.2, 0) is 10.0 Å². The molecule has 0 aromatic carbocycles. The van der Waals surface area contributed by atoms with E-state index in [9.17, 15) is 8.42 Å². The summed E-state index contributed by atoms with van der Waals surface area (Å²) in [6.07, 6.45) is 0. The fraction of sp³-hybridized carbons (Fsp3) is 0.429. The van der Waals surface area contributed by atoms with Crippen LogP contribution in [0.15, 0.2) is 14.1 Å². The SMILES string of the molecule is CCN(C)S(=O)(=O)c1cc(Cl)c(Br)s1. The third-order valence-electron chi connectivity index (χ3n) is 1.73. The Morgan fingerprint density at radius 2 is 2.21 bits per heavy atom. The lowest BCUT2D eigenvalue weighted by Crippen LogP contribution is -2.25. The predicted molar refractivity (Wildman–Crippen MR) is 62.5 cm³/mol. The van der Waals surface area contributed by atoms with Crippen LogP contribution in [0.4, 0.5) is 0 Å². The Kier molecular flexibility index (Phi) is 3.99. The van der Waals surface area contributed by atoms with Crippen LogP contribution < -0.4 is 0 Å². The van der Waals surface area contributed by atoms with Gasteiger partial charge in [0.2, 0.25) is 0 Å². The zero-order valence-corrected chi connectivity index (χ0v) is 11.6. The van der Waals surface area contributed by atoms with E-state index in [0.717, 1.165) is 11.3 Å². The smallest absolute Gasteiger partial charge is 0.206 e. The third-order valence-corrected chi connectivity index (χ3v) is 6.59. The van der Waals surface area contributed by atoms with E-state index in [1.54, 1.807) is 6.92 Å². The molecular formula is C7H9BrClNO2S2. The van der Waals surface area contributed by atoms with Gasteiger partial charge in [-0.25, -0.2) is 12.7 Å². The topological polar surface area (TPSA) is 37.4 Å². The molecule has 0 amide bonds. The summed E-state index contributed by atoms with van der Waals surface area (Å²) in [5.74, 6) is 0. The van der Waals surface area contributed by atoms with Crippen LogP contribution >= 0.6 is 38.9 Å². The fourth-order valence-corrected chi connectivity index (χ4v) is 4.57. The van der Waals surface area contributed by atoms with Crippen molar-refractivity contribution >= 4 is 48.9 Å². The molecule has 0 spiro atoms. The van der Waals surface area contributed by atoms with E-state index in [1.165, 1.54) is 17.4 Å². The largest absolute Gasteiger partial charge is 0.252 e. The Morgan fingerprint density at radius 1 is 1.64 bits per heavy atom. The molecule has 1 rings (SSSR count). The minimum Gasteiger partial charge on any atom is -0.206 e. The van der Waals surface area contributed by atoms with Gasteiger partial charge in [-0.3, -0.25) is 0 Å². The number of nitrogens with zero attached hydrogens (tertiary/aromatic N) is 1.